The summed E-state index contributed by atoms with van der Waals surface area (Å²) in [4.78, 5) is 11.7. The first kappa shape index (κ1) is 15.9. The Morgan fingerprint density at radius 1 is 1.00 bits per heavy atom. The second-order valence-corrected chi connectivity index (χ2v) is 4.92. The molecule has 2 N–H and O–H groups in total. The van der Waals surface area contributed by atoms with Crippen molar-refractivity contribution in [3.63, 3.8) is 0 Å². The van der Waals surface area contributed by atoms with Crippen molar-refractivity contribution in [2.24, 2.45) is 0 Å². The zero-order chi connectivity index (χ0) is 15.6. The lowest BCUT2D eigenvalue weighted by Gasteiger charge is -2.11. The summed E-state index contributed by atoms with van der Waals surface area (Å²) >= 11 is 0. The van der Waals surface area contributed by atoms with E-state index in [4.69, 9.17) is 4.74 Å². The minimum Gasteiger partial charge on any atom is -0.473 e. The van der Waals surface area contributed by atoms with Crippen LogP contribution in [0.1, 0.15) is 18.1 Å². The van der Waals surface area contributed by atoms with E-state index in [1.807, 2.05) is 54.6 Å². The maximum absolute atomic E-state index is 11.7. The highest BCUT2D eigenvalue weighted by atomic mass is 16.5. The van der Waals surface area contributed by atoms with E-state index in [0.717, 1.165) is 24.2 Å². The number of aryl methyl sites for hydroxylation is 1. The molecule has 22 heavy (non-hydrogen) atoms. The standard InChI is InChI=1S/C18H22N2O2/c1-2-16-10-6-7-11-17(16)22-14-20-18(21)19-13-12-15-8-4-3-5-9-15/h3-11H,2,12-14H2,1H3,(H2,19,20,21). The molecule has 0 fully saturated rings. The fourth-order valence-corrected chi connectivity index (χ4v) is 2.14. The van der Waals surface area contributed by atoms with Gasteiger partial charge in [0.05, 0.1) is 0 Å². The van der Waals surface area contributed by atoms with Gasteiger partial charge in [-0.25, -0.2) is 4.79 Å². The molecule has 0 saturated heterocycles. The Hall–Kier alpha value is -2.49. The van der Waals surface area contributed by atoms with Gasteiger partial charge in [0.25, 0.3) is 0 Å². The predicted octanol–water partition coefficient (Wildman–Crippen LogP) is 3.13. The number of hydrogen-bond acceptors (Lipinski definition) is 2. The molecule has 0 radical (unpaired) electrons. The van der Waals surface area contributed by atoms with Crippen molar-refractivity contribution in [2.45, 2.75) is 19.8 Å². The number of benzene rings is 2. The first-order valence-electron chi connectivity index (χ1n) is 7.56. The maximum Gasteiger partial charge on any atom is 0.317 e. The number of carbonyl (C=O) groups excluding carboxylic acids is 1. The van der Waals surface area contributed by atoms with Gasteiger partial charge in [0.15, 0.2) is 6.73 Å². The highest BCUT2D eigenvalue weighted by molar-refractivity contribution is 5.73. The number of amides is 2. The van der Waals surface area contributed by atoms with Crippen LogP contribution in [0.25, 0.3) is 0 Å². The molecule has 2 rings (SSSR count). The summed E-state index contributed by atoms with van der Waals surface area (Å²) in [5, 5.41) is 5.51. The van der Waals surface area contributed by atoms with Crippen LogP contribution in [0, 0.1) is 0 Å². The minimum atomic E-state index is -0.218. The van der Waals surface area contributed by atoms with Crippen LogP contribution in [0.15, 0.2) is 54.6 Å². The van der Waals surface area contributed by atoms with Crippen molar-refractivity contribution in [2.75, 3.05) is 13.3 Å². The number of nitrogens with one attached hydrogen (secondary N) is 2. The van der Waals surface area contributed by atoms with E-state index in [-0.39, 0.29) is 12.8 Å². The molecule has 0 bridgehead atoms. The van der Waals surface area contributed by atoms with Gasteiger partial charge in [-0.2, -0.15) is 0 Å². The molecular formula is C18H22N2O2. The molecule has 0 aliphatic rings. The molecule has 0 aromatic heterocycles. The summed E-state index contributed by atoms with van der Waals surface area (Å²) in [6.45, 7) is 2.83. The van der Waals surface area contributed by atoms with E-state index in [2.05, 4.69) is 17.6 Å². The van der Waals surface area contributed by atoms with Crippen molar-refractivity contribution >= 4 is 6.03 Å². The van der Waals surface area contributed by atoms with Gasteiger partial charge >= 0.3 is 6.03 Å². The molecule has 0 heterocycles. The molecule has 2 aromatic carbocycles. The van der Waals surface area contributed by atoms with Gasteiger partial charge in [-0.1, -0.05) is 55.5 Å². The lowest BCUT2D eigenvalue weighted by atomic mass is 10.1. The summed E-state index contributed by atoms with van der Waals surface area (Å²) in [7, 11) is 0. The molecule has 0 saturated carbocycles. The van der Waals surface area contributed by atoms with Gasteiger partial charge in [0.2, 0.25) is 0 Å². The smallest absolute Gasteiger partial charge is 0.317 e. The lowest BCUT2D eigenvalue weighted by Crippen LogP contribution is -2.38. The maximum atomic E-state index is 11.7. The van der Waals surface area contributed by atoms with Gasteiger partial charge in [-0.3, -0.25) is 0 Å². The average Bonchev–Trinajstić information content (AvgIpc) is 2.56. The molecule has 2 aromatic rings. The van der Waals surface area contributed by atoms with Crippen LogP contribution in [0.4, 0.5) is 4.79 Å². The summed E-state index contributed by atoms with van der Waals surface area (Å²) in [6.07, 6.45) is 1.72. The fraction of sp³-hybridized carbons (Fsp3) is 0.278. The highest BCUT2D eigenvalue weighted by Gasteiger charge is 2.02. The van der Waals surface area contributed by atoms with E-state index in [1.54, 1.807) is 0 Å². The monoisotopic (exact) mass is 298 g/mol. The zero-order valence-electron chi connectivity index (χ0n) is 12.8. The molecule has 0 atom stereocenters. The van der Waals surface area contributed by atoms with E-state index in [9.17, 15) is 4.79 Å². The van der Waals surface area contributed by atoms with Crippen molar-refractivity contribution < 1.29 is 9.53 Å². The van der Waals surface area contributed by atoms with Crippen LogP contribution in [-0.4, -0.2) is 19.3 Å². The molecule has 0 aliphatic heterocycles. The Bertz CT molecular complexity index is 585. The fourth-order valence-electron chi connectivity index (χ4n) is 2.14. The van der Waals surface area contributed by atoms with Gasteiger partial charge < -0.3 is 15.4 Å². The highest BCUT2D eigenvalue weighted by Crippen LogP contribution is 2.17. The van der Waals surface area contributed by atoms with Gasteiger partial charge in [0, 0.05) is 6.54 Å². The quantitative estimate of drug-likeness (QED) is 0.772. The molecule has 0 spiro atoms. The third-order valence-corrected chi connectivity index (χ3v) is 3.36. The van der Waals surface area contributed by atoms with E-state index in [1.165, 1.54) is 5.56 Å². The molecule has 0 unspecified atom stereocenters. The normalized spacial score (nSPS) is 10.0. The Morgan fingerprint density at radius 3 is 2.50 bits per heavy atom. The molecule has 4 heteroatoms. The predicted molar refractivity (Wildman–Crippen MR) is 88.0 cm³/mol. The van der Waals surface area contributed by atoms with E-state index < -0.39 is 0 Å². The van der Waals surface area contributed by atoms with E-state index in [0.29, 0.717) is 6.54 Å². The minimum absolute atomic E-state index is 0.161. The second kappa shape index (κ2) is 8.72. The number of ether oxygens (including phenoxy) is 1. The second-order valence-electron chi connectivity index (χ2n) is 4.92. The third kappa shape index (κ3) is 5.13. The SMILES string of the molecule is CCc1ccccc1OCNC(=O)NCCc1ccccc1. The first-order valence-corrected chi connectivity index (χ1v) is 7.56. The Labute approximate surface area is 131 Å². The first-order chi connectivity index (χ1) is 10.8. The molecule has 4 nitrogen and oxygen atoms in total. The molecule has 0 aliphatic carbocycles. The number of para-hydroxylation sites is 1. The third-order valence-electron chi connectivity index (χ3n) is 3.36. The Morgan fingerprint density at radius 2 is 1.73 bits per heavy atom. The van der Waals surface area contributed by atoms with Crippen LogP contribution < -0.4 is 15.4 Å². The summed E-state index contributed by atoms with van der Waals surface area (Å²) in [6, 6.07) is 17.7. The average molecular weight is 298 g/mol. The van der Waals surface area contributed by atoms with Crippen LogP contribution in [0.2, 0.25) is 0 Å². The Kier molecular flexibility index (Phi) is 6.30. The number of rotatable bonds is 7. The summed E-state index contributed by atoms with van der Waals surface area (Å²) < 4.78 is 5.59. The van der Waals surface area contributed by atoms with Gasteiger partial charge in [-0.15, -0.1) is 0 Å². The van der Waals surface area contributed by atoms with Crippen LogP contribution in [0.5, 0.6) is 5.75 Å². The van der Waals surface area contributed by atoms with Crippen molar-refractivity contribution in [1.82, 2.24) is 10.6 Å². The molecule has 2 amide bonds. The van der Waals surface area contributed by atoms with Gasteiger partial charge in [-0.05, 0) is 30.0 Å². The van der Waals surface area contributed by atoms with E-state index >= 15 is 0 Å². The number of carbonyl (C=O) groups is 1. The topological polar surface area (TPSA) is 50.4 Å². The van der Waals surface area contributed by atoms with Crippen molar-refractivity contribution in [3.8, 4) is 5.75 Å². The number of urea groups is 1. The summed E-state index contributed by atoms with van der Waals surface area (Å²) in [5.41, 5.74) is 2.34. The zero-order valence-corrected chi connectivity index (χ0v) is 12.8. The van der Waals surface area contributed by atoms with Crippen molar-refractivity contribution in [3.05, 3.63) is 65.7 Å². The Balaban J connectivity index is 1.65. The molecule has 116 valence electrons. The van der Waals surface area contributed by atoms with Crippen molar-refractivity contribution in [1.29, 1.82) is 0 Å². The number of hydrogen-bond donors (Lipinski definition) is 2. The largest absolute Gasteiger partial charge is 0.473 e. The van der Waals surface area contributed by atoms with Crippen LogP contribution in [-0.2, 0) is 12.8 Å². The summed E-state index contributed by atoms with van der Waals surface area (Å²) in [5.74, 6) is 0.814. The van der Waals surface area contributed by atoms with Gasteiger partial charge in [0.1, 0.15) is 5.75 Å². The molecular weight excluding hydrogens is 276 g/mol. The van der Waals surface area contributed by atoms with Crippen LogP contribution in [0.3, 0.4) is 0 Å². The van der Waals surface area contributed by atoms with Crippen LogP contribution >= 0.6 is 0 Å². The lowest BCUT2D eigenvalue weighted by molar-refractivity contribution is 0.223.